The summed E-state index contributed by atoms with van der Waals surface area (Å²) in [4.78, 5) is 11.9. The highest BCUT2D eigenvalue weighted by Crippen LogP contribution is 2.38. The van der Waals surface area contributed by atoms with E-state index in [9.17, 15) is 4.79 Å². The van der Waals surface area contributed by atoms with Crippen molar-refractivity contribution in [1.82, 2.24) is 5.43 Å². The van der Waals surface area contributed by atoms with Crippen molar-refractivity contribution in [3.63, 3.8) is 0 Å². The SMILES string of the molecule is CCOc1c(OC)cc(/C=N\NC(=O)Nc2cccc(Cl)c2)cc1OC. The smallest absolute Gasteiger partial charge is 0.339 e. The molecular weight excluding hydrogens is 358 g/mol. The van der Waals surface area contributed by atoms with Crippen molar-refractivity contribution in [2.24, 2.45) is 5.10 Å². The molecule has 0 saturated heterocycles. The number of amides is 2. The number of hydrazone groups is 1. The molecule has 2 rings (SSSR count). The van der Waals surface area contributed by atoms with Gasteiger partial charge in [0.2, 0.25) is 5.75 Å². The molecule has 0 fully saturated rings. The largest absolute Gasteiger partial charge is 0.493 e. The lowest BCUT2D eigenvalue weighted by Crippen LogP contribution is -2.24. The molecule has 2 amide bonds. The predicted molar refractivity (Wildman–Crippen MR) is 102 cm³/mol. The van der Waals surface area contributed by atoms with Crippen LogP contribution in [0.25, 0.3) is 0 Å². The average Bonchev–Trinajstić information content (AvgIpc) is 2.62. The second-order valence-electron chi connectivity index (χ2n) is 5.02. The van der Waals surface area contributed by atoms with Crippen molar-refractivity contribution in [3.8, 4) is 17.2 Å². The standard InChI is InChI=1S/C18H20ClN3O4/c1-4-26-17-15(24-2)8-12(9-16(17)25-3)11-20-22-18(23)21-14-7-5-6-13(19)10-14/h5-11H,4H2,1-3H3,(H2,21,22,23)/b20-11-. The summed E-state index contributed by atoms with van der Waals surface area (Å²) in [7, 11) is 3.07. The zero-order valence-corrected chi connectivity index (χ0v) is 15.5. The van der Waals surface area contributed by atoms with Crippen molar-refractivity contribution in [2.75, 3.05) is 26.1 Å². The normalized spacial score (nSPS) is 10.5. The molecule has 0 aliphatic heterocycles. The van der Waals surface area contributed by atoms with E-state index in [1.807, 2.05) is 6.92 Å². The molecule has 0 radical (unpaired) electrons. The van der Waals surface area contributed by atoms with Crippen LogP contribution in [0.5, 0.6) is 17.2 Å². The van der Waals surface area contributed by atoms with Gasteiger partial charge in [-0.2, -0.15) is 5.10 Å². The van der Waals surface area contributed by atoms with E-state index in [0.717, 1.165) is 0 Å². The summed E-state index contributed by atoms with van der Waals surface area (Å²) in [5.74, 6) is 1.54. The molecule has 0 atom stereocenters. The minimum Gasteiger partial charge on any atom is -0.493 e. The van der Waals surface area contributed by atoms with Crippen molar-refractivity contribution in [2.45, 2.75) is 6.92 Å². The van der Waals surface area contributed by atoms with Crippen molar-refractivity contribution in [1.29, 1.82) is 0 Å². The molecule has 2 aromatic carbocycles. The molecule has 7 nitrogen and oxygen atoms in total. The predicted octanol–water partition coefficient (Wildman–Crippen LogP) is 3.91. The lowest BCUT2D eigenvalue weighted by Gasteiger charge is -2.14. The number of benzene rings is 2. The number of hydrogen-bond donors (Lipinski definition) is 2. The third-order valence-corrected chi connectivity index (χ3v) is 3.47. The number of hydrogen-bond acceptors (Lipinski definition) is 5. The van der Waals surface area contributed by atoms with Gasteiger partial charge in [-0.3, -0.25) is 0 Å². The Balaban J connectivity index is 2.06. The van der Waals surface area contributed by atoms with E-state index in [-0.39, 0.29) is 0 Å². The molecule has 138 valence electrons. The third-order valence-electron chi connectivity index (χ3n) is 3.23. The van der Waals surface area contributed by atoms with Crippen LogP contribution in [-0.4, -0.2) is 33.1 Å². The molecule has 0 saturated carbocycles. The Bertz CT molecular complexity index is 771. The molecule has 26 heavy (non-hydrogen) atoms. The monoisotopic (exact) mass is 377 g/mol. The number of anilines is 1. The van der Waals surface area contributed by atoms with Crippen molar-refractivity contribution in [3.05, 3.63) is 47.0 Å². The average molecular weight is 378 g/mol. The fourth-order valence-electron chi connectivity index (χ4n) is 2.15. The van der Waals surface area contributed by atoms with Crippen molar-refractivity contribution < 1.29 is 19.0 Å². The Morgan fingerprint density at radius 1 is 1.19 bits per heavy atom. The van der Waals surface area contributed by atoms with Crippen LogP contribution in [0, 0.1) is 0 Å². The van der Waals surface area contributed by atoms with Gasteiger partial charge in [0.25, 0.3) is 0 Å². The third kappa shape index (κ3) is 5.29. The topological polar surface area (TPSA) is 81.2 Å². The second kappa shape index (κ2) is 9.53. The van der Waals surface area contributed by atoms with Crippen LogP contribution in [-0.2, 0) is 0 Å². The maximum atomic E-state index is 11.9. The first-order valence-corrected chi connectivity index (χ1v) is 8.19. The Morgan fingerprint density at radius 2 is 1.88 bits per heavy atom. The fourth-order valence-corrected chi connectivity index (χ4v) is 2.34. The van der Waals surface area contributed by atoms with Gasteiger partial charge in [0.1, 0.15) is 0 Å². The zero-order chi connectivity index (χ0) is 18.9. The number of carbonyl (C=O) groups excluding carboxylic acids is 1. The van der Waals surface area contributed by atoms with E-state index in [0.29, 0.717) is 40.1 Å². The molecule has 0 heterocycles. The highest BCUT2D eigenvalue weighted by Gasteiger charge is 2.13. The number of halogens is 1. The van der Waals surface area contributed by atoms with Gasteiger partial charge in [-0.1, -0.05) is 17.7 Å². The fraction of sp³-hybridized carbons (Fsp3) is 0.222. The van der Waals surface area contributed by atoms with Gasteiger partial charge in [0.15, 0.2) is 11.5 Å². The van der Waals surface area contributed by atoms with E-state index in [4.69, 9.17) is 25.8 Å². The lowest BCUT2D eigenvalue weighted by atomic mass is 10.2. The number of nitrogens with zero attached hydrogens (tertiary/aromatic N) is 1. The summed E-state index contributed by atoms with van der Waals surface area (Å²) >= 11 is 5.87. The molecule has 0 spiro atoms. The van der Waals surface area contributed by atoms with Gasteiger partial charge >= 0.3 is 6.03 Å². The van der Waals surface area contributed by atoms with E-state index in [2.05, 4.69) is 15.8 Å². The van der Waals surface area contributed by atoms with Crippen LogP contribution < -0.4 is 25.0 Å². The van der Waals surface area contributed by atoms with Gasteiger partial charge in [0.05, 0.1) is 27.0 Å². The molecular formula is C18H20ClN3O4. The maximum absolute atomic E-state index is 11.9. The quantitative estimate of drug-likeness (QED) is 0.566. The molecule has 0 aliphatic carbocycles. The van der Waals surface area contributed by atoms with Gasteiger partial charge < -0.3 is 19.5 Å². The van der Waals surface area contributed by atoms with Crippen LogP contribution in [0.4, 0.5) is 10.5 Å². The lowest BCUT2D eigenvalue weighted by molar-refractivity contribution is 0.252. The number of rotatable bonds is 7. The van der Waals surface area contributed by atoms with Crippen LogP contribution in [0.2, 0.25) is 5.02 Å². The highest BCUT2D eigenvalue weighted by atomic mass is 35.5. The molecule has 0 bridgehead atoms. The molecule has 0 unspecified atom stereocenters. The Morgan fingerprint density at radius 3 is 2.46 bits per heavy atom. The minimum absolute atomic E-state index is 0.478. The summed E-state index contributed by atoms with van der Waals surface area (Å²) < 4.78 is 16.2. The summed E-state index contributed by atoms with van der Waals surface area (Å²) in [6.45, 7) is 2.35. The molecule has 0 aromatic heterocycles. The van der Waals surface area contributed by atoms with Crippen LogP contribution in [0.3, 0.4) is 0 Å². The van der Waals surface area contributed by atoms with E-state index >= 15 is 0 Å². The van der Waals surface area contributed by atoms with E-state index in [1.54, 1.807) is 36.4 Å². The van der Waals surface area contributed by atoms with Gasteiger partial charge in [-0.25, -0.2) is 10.2 Å². The first-order chi connectivity index (χ1) is 12.6. The first kappa shape index (κ1) is 19.4. The minimum atomic E-state index is -0.492. The Labute approximate surface area is 156 Å². The summed E-state index contributed by atoms with van der Waals surface area (Å²) in [5.41, 5.74) is 3.61. The van der Waals surface area contributed by atoms with Crippen LogP contribution >= 0.6 is 11.6 Å². The molecule has 2 N–H and O–H groups in total. The zero-order valence-electron chi connectivity index (χ0n) is 14.7. The van der Waals surface area contributed by atoms with Gasteiger partial charge in [-0.05, 0) is 37.3 Å². The first-order valence-electron chi connectivity index (χ1n) is 7.81. The van der Waals surface area contributed by atoms with Crippen molar-refractivity contribution >= 4 is 29.5 Å². The summed E-state index contributed by atoms with van der Waals surface area (Å²) in [6, 6.07) is 9.77. The van der Waals surface area contributed by atoms with Gasteiger partial charge in [0, 0.05) is 16.3 Å². The second-order valence-corrected chi connectivity index (χ2v) is 5.46. The number of urea groups is 1. The maximum Gasteiger partial charge on any atom is 0.339 e. The molecule has 2 aromatic rings. The van der Waals surface area contributed by atoms with E-state index < -0.39 is 6.03 Å². The highest BCUT2D eigenvalue weighted by molar-refractivity contribution is 6.30. The summed E-state index contributed by atoms with van der Waals surface area (Å²) in [6.07, 6.45) is 1.47. The Kier molecular flexibility index (Phi) is 7.11. The van der Waals surface area contributed by atoms with Gasteiger partial charge in [-0.15, -0.1) is 0 Å². The van der Waals surface area contributed by atoms with Crippen LogP contribution in [0.15, 0.2) is 41.5 Å². The number of carbonyl (C=O) groups is 1. The Hall–Kier alpha value is -2.93. The molecule has 0 aliphatic rings. The number of methoxy groups -OCH3 is 2. The van der Waals surface area contributed by atoms with E-state index in [1.165, 1.54) is 20.4 Å². The summed E-state index contributed by atoms with van der Waals surface area (Å²) in [5, 5.41) is 7.06. The molecule has 8 heteroatoms. The number of ether oxygens (including phenoxy) is 3. The number of nitrogens with one attached hydrogen (secondary N) is 2. The van der Waals surface area contributed by atoms with Crippen LogP contribution in [0.1, 0.15) is 12.5 Å².